The molecule has 102 valence electrons. The van der Waals surface area contributed by atoms with E-state index < -0.39 is 0 Å². The smallest absolute Gasteiger partial charge is 0.0725 e. The summed E-state index contributed by atoms with van der Waals surface area (Å²) in [6, 6.07) is 11.2. The normalized spacial score (nSPS) is 14.4. The summed E-state index contributed by atoms with van der Waals surface area (Å²) >= 11 is 0. The van der Waals surface area contributed by atoms with Gasteiger partial charge < -0.3 is 10.1 Å². The van der Waals surface area contributed by atoms with E-state index in [1.54, 1.807) is 0 Å². The van der Waals surface area contributed by atoms with Crippen LogP contribution in [0.1, 0.15) is 38.7 Å². The second-order valence-corrected chi connectivity index (χ2v) is 4.68. The largest absolute Gasteiger partial charge is 0.377 e. The van der Waals surface area contributed by atoms with Crippen LogP contribution in [-0.4, -0.2) is 25.8 Å². The van der Waals surface area contributed by atoms with Crippen LogP contribution in [0.15, 0.2) is 30.3 Å². The summed E-state index contributed by atoms with van der Waals surface area (Å²) in [6.45, 7) is 5.07. The molecule has 0 radical (unpaired) electrons. The van der Waals surface area contributed by atoms with Gasteiger partial charge >= 0.3 is 0 Å². The summed E-state index contributed by atoms with van der Waals surface area (Å²) in [5.41, 5.74) is 1.43. The molecule has 0 spiro atoms. The Morgan fingerprint density at radius 1 is 1.17 bits per heavy atom. The molecule has 0 fully saturated rings. The molecule has 0 saturated heterocycles. The fraction of sp³-hybridized carbons (Fsp3) is 0.625. The first-order chi connectivity index (χ1) is 8.81. The molecule has 0 aliphatic heterocycles. The predicted octanol–water partition coefficient (Wildman–Crippen LogP) is 3.41. The zero-order valence-corrected chi connectivity index (χ0v) is 12.0. The molecule has 0 aromatic heterocycles. The van der Waals surface area contributed by atoms with Gasteiger partial charge in [-0.25, -0.2) is 0 Å². The van der Waals surface area contributed by atoms with Gasteiger partial charge in [0, 0.05) is 12.6 Å². The maximum atomic E-state index is 5.78. The molecular weight excluding hydrogens is 222 g/mol. The number of ether oxygens (including phenoxy) is 1. The van der Waals surface area contributed by atoms with Crippen molar-refractivity contribution >= 4 is 0 Å². The van der Waals surface area contributed by atoms with Gasteiger partial charge in [0.2, 0.25) is 0 Å². The summed E-state index contributed by atoms with van der Waals surface area (Å²) in [6.07, 6.45) is 4.95. The fourth-order valence-corrected chi connectivity index (χ4v) is 2.42. The molecule has 2 nitrogen and oxygen atoms in total. The molecule has 1 aromatic rings. The van der Waals surface area contributed by atoms with Gasteiger partial charge in [0.15, 0.2) is 0 Å². The maximum absolute atomic E-state index is 5.78. The third kappa shape index (κ3) is 5.19. The number of rotatable bonds is 9. The molecule has 18 heavy (non-hydrogen) atoms. The zero-order valence-electron chi connectivity index (χ0n) is 12.0. The molecule has 0 saturated carbocycles. The maximum Gasteiger partial charge on any atom is 0.0725 e. The van der Waals surface area contributed by atoms with E-state index >= 15 is 0 Å². The highest BCUT2D eigenvalue weighted by Gasteiger charge is 2.17. The van der Waals surface area contributed by atoms with Gasteiger partial charge in [-0.15, -0.1) is 0 Å². The van der Waals surface area contributed by atoms with E-state index in [0.717, 1.165) is 19.4 Å². The van der Waals surface area contributed by atoms with Gasteiger partial charge in [0.05, 0.1) is 6.10 Å². The van der Waals surface area contributed by atoms with Gasteiger partial charge in [-0.05, 0) is 45.2 Å². The van der Waals surface area contributed by atoms with E-state index in [0.29, 0.717) is 12.1 Å². The standard InChI is InChI=1S/C16H27NO/c1-4-16(18-5-2)15(17-3)13-9-12-14-10-7-6-8-11-14/h6-8,10-11,15-17H,4-5,9,12-13H2,1-3H3. The summed E-state index contributed by atoms with van der Waals surface area (Å²) in [7, 11) is 2.04. The first-order valence-corrected chi connectivity index (χ1v) is 7.14. The summed E-state index contributed by atoms with van der Waals surface area (Å²) < 4.78 is 5.78. The Kier molecular flexibility index (Phi) is 7.70. The lowest BCUT2D eigenvalue weighted by atomic mass is 10.00. The fourth-order valence-electron chi connectivity index (χ4n) is 2.42. The molecular formula is C16H27NO. The Morgan fingerprint density at radius 3 is 2.44 bits per heavy atom. The number of likely N-dealkylation sites (N-methyl/N-ethyl adjacent to an activating group) is 1. The van der Waals surface area contributed by atoms with Gasteiger partial charge in [0.1, 0.15) is 0 Å². The van der Waals surface area contributed by atoms with Crippen molar-refractivity contribution in [1.29, 1.82) is 0 Å². The molecule has 0 aliphatic rings. The highest BCUT2D eigenvalue weighted by Crippen LogP contribution is 2.12. The summed E-state index contributed by atoms with van der Waals surface area (Å²) in [5.74, 6) is 0. The lowest BCUT2D eigenvalue weighted by Crippen LogP contribution is -2.39. The van der Waals surface area contributed by atoms with Crippen molar-refractivity contribution in [1.82, 2.24) is 5.32 Å². The van der Waals surface area contributed by atoms with Crippen LogP contribution in [0.5, 0.6) is 0 Å². The Labute approximate surface area is 112 Å². The quantitative estimate of drug-likeness (QED) is 0.724. The van der Waals surface area contributed by atoms with Crippen molar-refractivity contribution in [3.63, 3.8) is 0 Å². The van der Waals surface area contributed by atoms with E-state index in [2.05, 4.69) is 49.5 Å². The highest BCUT2D eigenvalue weighted by atomic mass is 16.5. The van der Waals surface area contributed by atoms with E-state index in [9.17, 15) is 0 Å². The molecule has 0 amide bonds. The second-order valence-electron chi connectivity index (χ2n) is 4.68. The molecule has 2 atom stereocenters. The molecule has 0 bridgehead atoms. The van der Waals surface area contributed by atoms with E-state index in [1.807, 2.05) is 7.05 Å². The first kappa shape index (κ1) is 15.2. The van der Waals surface area contributed by atoms with Crippen LogP contribution >= 0.6 is 0 Å². The van der Waals surface area contributed by atoms with Crippen molar-refractivity contribution in [3.8, 4) is 0 Å². The van der Waals surface area contributed by atoms with Crippen LogP contribution in [-0.2, 0) is 11.2 Å². The highest BCUT2D eigenvalue weighted by molar-refractivity contribution is 5.14. The number of benzene rings is 1. The predicted molar refractivity (Wildman–Crippen MR) is 77.9 cm³/mol. The van der Waals surface area contributed by atoms with Crippen molar-refractivity contribution in [2.75, 3.05) is 13.7 Å². The van der Waals surface area contributed by atoms with Crippen LogP contribution in [0, 0.1) is 0 Å². The third-order valence-electron chi connectivity index (χ3n) is 3.43. The molecule has 0 heterocycles. The Morgan fingerprint density at radius 2 is 1.89 bits per heavy atom. The summed E-state index contributed by atoms with van der Waals surface area (Å²) in [5, 5.41) is 3.40. The van der Waals surface area contributed by atoms with Crippen LogP contribution in [0.4, 0.5) is 0 Å². The molecule has 1 N–H and O–H groups in total. The third-order valence-corrected chi connectivity index (χ3v) is 3.43. The van der Waals surface area contributed by atoms with Gasteiger partial charge in [-0.1, -0.05) is 37.3 Å². The number of aryl methyl sites for hydroxylation is 1. The van der Waals surface area contributed by atoms with Crippen molar-refractivity contribution in [2.24, 2.45) is 0 Å². The van der Waals surface area contributed by atoms with Gasteiger partial charge in [-0.2, -0.15) is 0 Å². The number of hydrogen-bond acceptors (Lipinski definition) is 2. The Hall–Kier alpha value is -0.860. The number of nitrogens with one attached hydrogen (secondary N) is 1. The molecule has 0 aliphatic carbocycles. The average molecular weight is 249 g/mol. The summed E-state index contributed by atoms with van der Waals surface area (Å²) in [4.78, 5) is 0. The Balaban J connectivity index is 2.35. The lowest BCUT2D eigenvalue weighted by Gasteiger charge is -2.25. The van der Waals surface area contributed by atoms with Gasteiger partial charge in [-0.3, -0.25) is 0 Å². The van der Waals surface area contributed by atoms with E-state index in [-0.39, 0.29) is 0 Å². The van der Waals surface area contributed by atoms with Crippen LogP contribution in [0.25, 0.3) is 0 Å². The van der Waals surface area contributed by atoms with Crippen molar-refractivity contribution in [3.05, 3.63) is 35.9 Å². The van der Waals surface area contributed by atoms with Crippen molar-refractivity contribution < 1.29 is 4.74 Å². The molecule has 1 rings (SSSR count). The van der Waals surface area contributed by atoms with E-state index in [1.165, 1.54) is 18.4 Å². The van der Waals surface area contributed by atoms with Crippen LogP contribution in [0.2, 0.25) is 0 Å². The SMILES string of the molecule is CCOC(CC)C(CCCc1ccccc1)NC. The minimum atomic E-state index is 0.343. The first-order valence-electron chi connectivity index (χ1n) is 7.14. The topological polar surface area (TPSA) is 21.3 Å². The Bertz CT molecular complexity index is 299. The number of hydrogen-bond donors (Lipinski definition) is 1. The average Bonchev–Trinajstić information content (AvgIpc) is 2.43. The lowest BCUT2D eigenvalue weighted by molar-refractivity contribution is 0.0312. The molecule has 2 unspecified atom stereocenters. The molecule has 1 aromatic carbocycles. The zero-order chi connectivity index (χ0) is 13.2. The van der Waals surface area contributed by atoms with Crippen molar-refractivity contribution in [2.45, 2.75) is 51.7 Å². The van der Waals surface area contributed by atoms with Gasteiger partial charge in [0.25, 0.3) is 0 Å². The van der Waals surface area contributed by atoms with Crippen LogP contribution in [0.3, 0.4) is 0 Å². The monoisotopic (exact) mass is 249 g/mol. The minimum absolute atomic E-state index is 0.343. The molecule has 2 heteroatoms. The van der Waals surface area contributed by atoms with Crippen LogP contribution < -0.4 is 5.32 Å². The second kappa shape index (κ2) is 9.12. The van der Waals surface area contributed by atoms with E-state index in [4.69, 9.17) is 4.74 Å². The minimum Gasteiger partial charge on any atom is -0.377 e.